The Kier molecular flexibility index (Phi) is 7.32. The minimum Gasteiger partial charge on any atom is -0.469 e. The fourth-order valence-electron chi connectivity index (χ4n) is 4.31. The molecule has 0 bridgehead atoms. The van der Waals surface area contributed by atoms with Crippen molar-refractivity contribution in [2.24, 2.45) is 0 Å². The molecule has 1 aliphatic heterocycles. The normalized spacial score (nSPS) is 17.0. The number of aryl methyl sites for hydroxylation is 1. The zero-order chi connectivity index (χ0) is 20.7. The maximum atomic E-state index is 12.0. The van der Waals surface area contributed by atoms with Crippen molar-refractivity contribution >= 4 is 11.7 Å². The van der Waals surface area contributed by atoms with Crippen LogP contribution >= 0.6 is 0 Å². The maximum absolute atomic E-state index is 12.0. The molecule has 4 heteroatoms. The fraction of sp³-hybridized carbons (Fsp3) is 0.480. The molecule has 1 aliphatic rings. The van der Waals surface area contributed by atoms with Gasteiger partial charge in [0.15, 0.2) is 0 Å². The van der Waals surface area contributed by atoms with Gasteiger partial charge in [-0.1, -0.05) is 49.4 Å². The third kappa shape index (κ3) is 5.83. The summed E-state index contributed by atoms with van der Waals surface area (Å²) in [6, 6.07) is 19.2. The van der Waals surface area contributed by atoms with Crippen molar-refractivity contribution in [3.8, 4) is 0 Å². The van der Waals surface area contributed by atoms with E-state index in [4.69, 9.17) is 4.74 Å². The zero-order valence-electron chi connectivity index (χ0n) is 18.1. The first-order chi connectivity index (χ1) is 14.0. The van der Waals surface area contributed by atoms with E-state index < -0.39 is 0 Å². The van der Waals surface area contributed by atoms with Crippen molar-refractivity contribution in [1.82, 2.24) is 4.90 Å². The average molecular weight is 395 g/mol. The van der Waals surface area contributed by atoms with Gasteiger partial charge in [-0.15, -0.1) is 0 Å². The first kappa shape index (κ1) is 21.4. The molecule has 1 saturated heterocycles. The summed E-state index contributed by atoms with van der Waals surface area (Å²) in [7, 11) is 1.47. The summed E-state index contributed by atoms with van der Waals surface area (Å²) >= 11 is 0. The molecule has 1 heterocycles. The van der Waals surface area contributed by atoms with Crippen LogP contribution in [0.5, 0.6) is 0 Å². The Labute approximate surface area is 175 Å². The topological polar surface area (TPSA) is 32.8 Å². The number of rotatable bonds is 8. The monoisotopic (exact) mass is 394 g/mol. The van der Waals surface area contributed by atoms with E-state index in [-0.39, 0.29) is 11.4 Å². The van der Waals surface area contributed by atoms with Crippen molar-refractivity contribution < 1.29 is 9.53 Å². The quantitative estimate of drug-likeness (QED) is 0.621. The Morgan fingerprint density at radius 3 is 2.41 bits per heavy atom. The Balaban J connectivity index is 1.52. The highest BCUT2D eigenvalue weighted by Crippen LogP contribution is 2.33. The van der Waals surface area contributed by atoms with E-state index in [1.807, 2.05) is 6.07 Å². The summed E-state index contributed by atoms with van der Waals surface area (Å²) < 4.78 is 4.97. The number of benzene rings is 2. The van der Waals surface area contributed by atoms with Crippen LogP contribution in [0, 0.1) is 6.92 Å². The van der Waals surface area contributed by atoms with Gasteiger partial charge in [0.25, 0.3) is 0 Å². The lowest BCUT2D eigenvalue weighted by atomic mass is 9.76. The standard InChI is InChI=1S/C25H34N2O2/c1-21-9-7-12-23(19-21)27-17-15-26(16-18-27)14-8-13-25(2,20-24(28)29-3)22-10-5-4-6-11-22/h4-7,9-12,19H,8,13-18,20H2,1-3H3. The van der Waals surface area contributed by atoms with Crippen LogP contribution in [0.3, 0.4) is 0 Å². The molecule has 0 aliphatic carbocycles. The molecule has 0 amide bonds. The zero-order valence-corrected chi connectivity index (χ0v) is 18.1. The van der Waals surface area contributed by atoms with Crippen LogP contribution < -0.4 is 4.90 Å². The summed E-state index contributed by atoms with van der Waals surface area (Å²) in [6.45, 7) is 9.74. The lowest BCUT2D eigenvalue weighted by Gasteiger charge is -2.37. The second kappa shape index (κ2) is 9.93. The lowest BCUT2D eigenvalue weighted by Crippen LogP contribution is -2.46. The second-order valence-electron chi connectivity index (χ2n) is 8.45. The van der Waals surface area contributed by atoms with Crippen molar-refractivity contribution in [2.75, 3.05) is 44.7 Å². The van der Waals surface area contributed by atoms with Crippen LogP contribution in [0.25, 0.3) is 0 Å². The van der Waals surface area contributed by atoms with Gasteiger partial charge in [0, 0.05) is 37.3 Å². The van der Waals surface area contributed by atoms with Crippen LogP contribution in [0.15, 0.2) is 54.6 Å². The van der Waals surface area contributed by atoms with E-state index in [9.17, 15) is 4.79 Å². The van der Waals surface area contributed by atoms with Crippen molar-refractivity contribution in [1.29, 1.82) is 0 Å². The molecular formula is C25H34N2O2. The number of esters is 1. The molecule has 1 fully saturated rings. The molecule has 2 aromatic carbocycles. The highest BCUT2D eigenvalue weighted by atomic mass is 16.5. The molecular weight excluding hydrogens is 360 g/mol. The Morgan fingerprint density at radius 2 is 1.76 bits per heavy atom. The van der Waals surface area contributed by atoms with E-state index in [2.05, 4.69) is 72.2 Å². The van der Waals surface area contributed by atoms with Gasteiger partial charge < -0.3 is 9.64 Å². The molecule has 1 unspecified atom stereocenters. The third-order valence-electron chi connectivity index (χ3n) is 6.17. The number of hydrogen-bond acceptors (Lipinski definition) is 4. The van der Waals surface area contributed by atoms with Crippen molar-refractivity contribution in [3.05, 3.63) is 65.7 Å². The first-order valence-electron chi connectivity index (χ1n) is 10.7. The smallest absolute Gasteiger partial charge is 0.306 e. The highest BCUT2D eigenvalue weighted by molar-refractivity contribution is 5.71. The molecule has 1 atom stereocenters. The van der Waals surface area contributed by atoms with Gasteiger partial charge in [-0.3, -0.25) is 9.69 Å². The van der Waals surface area contributed by atoms with Crippen LogP contribution in [0.2, 0.25) is 0 Å². The molecule has 0 aromatic heterocycles. The number of hydrogen-bond donors (Lipinski definition) is 0. The molecule has 29 heavy (non-hydrogen) atoms. The van der Waals surface area contributed by atoms with E-state index in [0.717, 1.165) is 45.6 Å². The summed E-state index contributed by atoms with van der Waals surface area (Å²) in [5, 5.41) is 0. The Bertz CT molecular complexity index is 784. The van der Waals surface area contributed by atoms with E-state index in [1.54, 1.807) is 0 Å². The number of carbonyl (C=O) groups excluding carboxylic acids is 1. The number of carbonyl (C=O) groups is 1. The van der Waals surface area contributed by atoms with Gasteiger partial charge >= 0.3 is 5.97 Å². The van der Waals surface area contributed by atoms with Crippen molar-refractivity contribution in [2.45, 2.75) is 38.5 Å². The van der Waals surface area contributed by atoms with Gasteiger partial charge in [0.2, 0.25) is 0 Å². The highest BCUT2D eigenvalue weighted by Gasteiger charge is 2.30. The minimum atomic E-state index is -0.183. The van der Waals surface area contributed by atoms with E-state index in [1.165, 1.54) is 23.9 Å². The number of nitrogens with zero attached hydrogens (tertiary/aromatic N) is 2. The van der Waals surface area contributed by atoms with E-state index in [0.29, 0.717) is 6.42 Å². The molecule has 0 N–H and O–H groups in total. The number of methoxy groups -OCH3 is 1. The summed E-state index contributed by atoms with van der Waals surface area (Å²) in [6.07, 6.45) is 2.48. The fourth-order valence-corrected chi connectivity index (χ4v) is 4.31. The summed E-state index contributed by atoms with van der Waals surface area (Å²) in [4.78, 5) is 17.1. The predicted molar refractivity (Wildman–Crippen MR) is 119 cm³/mol. The molecule has 2 aromatic rings. The molecule has 0 spiro atoms. The molecule has 3 rings (SSSR count). The average Bonchev–Trinajstić information content (AvgIpc) is 2.75. The molecule has 0 radical (unpaired) electrons. The van der Waals surface area contributed by atoms with Gasteiger partial charge in [0.05, 0.1) is 13.5 Å². The van der Waals surface area contributed by atoms with E-state index >= 15 is 0 Å². The SMILES string of the molecule is COC(=O)CC(C)(CCCN1CCN(c2cccc(C)c2)CC1)c1ccccc1. The largest absolute Gasteiger partial charge is 0.469 e. The summed E-state index contributed by atoms with van der Waals surface area (Å²) in [5.74, 6) is -0.136. The van der Waals surface area contributed by atoms with Crippen LogP contribution in [0.1, 0.15) is 37.3 Å². The lowest BCUT2D eigenvalue weighted by molar-refractivity contribution is -0.142. The molecule has 156 valence electrons. The van der Waals surface area contributed by atoms with Crippen LogP contribution in [0.4, 0.5) is 5.69 Å². The molecule has 4 nitrogen and oxygen atoms in total. The Morgan fingerprint density at radius 1 is 1.03 bits per heavy atom. The second-order valence-corrected chi connectivity index (χ2v) is 8.45. The first-order valence-corrected chi connectivity index (χ1v) is 10.7. The maximum Gasteiger partial charge on any atom is 0.306 e. The number of piperazine rings is 1. The number of anilines is 1. The predicted octanol–water partition coefficient (Wildman–Crippen LogP) is 4.42. The number of ether oxygens (including phenoxy) is 1. The van der Waals surface area contributed by atoms with Gasteiger partial charge in [-0.05, 0) is 49.6 Å². The van der Waals surface area contributed by atoms with Crippen molar-refractivity contribution in [3.63, 3.8) is 0 Å². The third-order valence-corrected chi connectivity index (χ3v) is 6.17. The molecule has 0 saturated carbocycles. The minimum absolute atomic E-state index is 0.136. The van der Waals surface area contributed by atoms with Crippen LogP contribution in [-0.2, 0) is 14.9 Å². The summed E-state index contributed by atoms with van der Waals surface area (Å²) in [5.41, 5.74) is 3.68. The Hall–Kier alpha value is -2.33. The van der Waals surface area contributed by atoms with Gasteiger partial charge in [-0.2, -0.15) is 0 Å². The van der Waals surface area contributed by atoms with Gasteiger partial charge in [0.1, 0.15) is 0 Å². The van der Waals surface area contributed by atoms with Crippen LogP contribution in [-0.4, -0.2) is 50.7 Å². The van der Waals surface area contributed by atoms with Gasteiger partial charge in [-0.25, -0.2) is 0 Å².